The maximum atomic E-state index is 5.18. The van der Waals surface area contributed by atoms with E-state index in [4.69, 9.17) is 4.42 Å². The monoisotopic (exact) mass is 288 g/mol. The van der Waals surface area contributed by atoms with E-state index < -0.39 is 0 Å². The van der Waals surface area contributed by atoms with Crippen LogP contribution in [0, 0.1) is 5.92 Å². The lowest BCUT2D eigenvalue weighted by Crippen LogP contribution is -2.41. The highest BCUT2D eigenvalue weighted by atomic mass is 32.1. The number of nitrogens with zero attached hydrogens (tertiary/aromatic N) is 2. The van der Waals surface area contributed by atoms with Crippen LogP contribution in [0.1, 0.15) is 16.9 Å². The molecule has 0 radical (unpaired) electrons. The predicted octanol–water partition coefficient (Wildman–Crippen LogP) is 3.05. The Balaban J connectivity index is 1.40. The summed E-state index contributed by atoms with van der Waals surface area (Å²) in [6.45, 7) is 5.88. The summed E-state index contributed by atoms with van der Waals surface area (Å²) in [7, 11) is 0. The lowest BCUT2D eigenvalue weighted by Gasteiger charge is -2.32. The third-order valence-electron chi connectivity index (χ3n) is 4.53. The number of rotatable bonds is 4. The van der Waals surface area contributed by atoms with Crippen molar-refractivity contribution in [1.29, 1.82) is 0 Å². The molecule has 2 aromatic rings. The second kappa shape index (κ2) is 5.35. The van der Waals surface area contributed by atoms with Crippen LogP contribution in [-0.2, 0) is 13.1 Å². The van der Waals surface area contributed by atoms with Crippen LogP contribution >= 0.6 is 11.3 Å². The maximum absolute atomic E-state index is 5.18. The Kier molecular flexibility index (Phi) is 3.38. The Morgan fingerprint density at radius 1 is 1.20 bits per heavy atom. The summed E-state index contributed by atoms with van der Waals surface area (Å²) < 4.78 is 5.18. The zero-order chi connectivity index (χ0) is 13.4. The van der Waals surface area contributed by atoms with Crippen LogP contribution in [0.5, 0.6) is 0 Å². The first-order chi connectivity index (χ1) is 9.87. The molecule has 2 aliphatic heterocycles. The fourth-order valence-electron chi connectivity index (χ4n) is 3.72. The van der Waals surface area contributed by atoms with Gasteiger partial charge in [0.05, 0.1) is 12.5 Å². The molecule has 2 aromatic heterocycles. The summed E-state index contributed by atoms with van der Waals surface area (Å²) in [5, 5.41) is 2.18. The molecule has 2 saturated heterocycles. The van der Waals surface area contributed by atoms with Crippen molar-refractivity contribution in [3.8, 4) is 0 Å². The molecule has 0 spiro atoms. The van der Waals surface area contributed by atoms with E-state index in [1.54, 1.807) is 6.26 Å². The summed E-state index contributed by atoms with van der Waals surface area (Å²) in [5.41, 5.74) is 1.30. The molecule has 4 heteroatoms. The van der Waals surface area contributed by atoms with Gasteiger partial charge in [0.2, 0.25) is 0 Å². The van der Waals surface area contributed by atoms with E-state index >= 15 is 0 Å². The molecule has 0 aliphatic carbocycles. The van der Waals surface area contributed by atoms with Gasteiger partial charge in [-0.25, -0.2) is 0 Å². The number of hydrogen-bond acceptors (Lipinski definition) is 4. The van der Waals surface area contributed by atoms with Crippen LogP contribution < -0.4 is 0 Å². The average Bonchev–Trinajstić information content (AvgIpc) is 3.14. The van der Waals surface area contributed by atoms with Crippen molar-refractivity contribution in [2.24, 2.45) is 5.92 Å². The van der Waals surface area contributed by atoms with E-state index in [0.717, 1.165) is 25.0 Å². The van der Waals surface area contributed by atoms with E-state index in [9.17, 15) is 0 Å². The average molecular weight is 288 g/mol. The molecular weight excluding hydrogens is 268 g/mol. The van der Waals surface area contributed by atoms with Crippen molar-refractivity contribution in [2.75, 3.05) is 19.6 Å². The van der Waals surface area contributed by atoms with Gasteiger partial charge in [-0.05, 0) is 29.9 Å². The molecule has 2 aliphatic rings. The van der Waals surface area contributed by atoms with Crippen LogP contribution in [0.15, 0.2) is 40.5 Å². The molecule has 3 nitrogen and oxygen atoms in total. The fraction of sp³-hybridized carbons (Fsp3) is 0.500. The Bertz CT molecular complexity index is 535. The second-order valence-corrected chi connectivity index (χ2v) is 7.12. The van der Waals surface area contributed by atoms with Crippen molar-refractivity contribution < 1.29 is 4.42 Å². The minimum absolute atomic E-state index is 0.739. The zero-order valence-corrected chi connectivity index (χ0v) is 12.4. The van der Waals surface area contributed by atoms with Gasteiger partial charge in [0.25, 0.3) is 0 Å². The largest absolute Gasteiger partial charge is 0.472 e. The van der Waals surface area contributed by atoms with Gasteiger partial charge in [-0.1, -0.05) is 6.07 Å². The Morgan fingerprint density at radius 3 is 3.00 bits per heavy atom. The molecule has 20 heavy (non-hydrogen) atoms. The minimum atomic E-state index is 0.739. The molecule has 4 rings (SSSR count). The normalized spacial score (nSPS) is 27.2. The highest BCUT2D eigenvalue weighted by Gasteiger charge is 2.38. The number of thiophene rings is 1. The standard InChI is InChI=1S/C16H20N2OS/c1-2-16(20-5-1)11-18-9-14-6-15(18)10-17(8-14)7-13-3-4-19-12-13/h1-5,12,14-15H,6-11H2. The molecule has 2 fully saturated rings. The smallest absolute Gasteiger partial charge is 0.0947 e. The van der Waals surface area contributed by atoms with Gasteiger partial charge in [-0.3, -0.25) is 9.80 Å². The van der Waals surface area contributed by atoms with Gasteiger partial charge in [0, 0.05) is 49.2 Å². The molecule has 2 bridgehead atoms. The van der Waals surface area contributed by atoms with Gasteiger partial charge >= 0.3 is 0 Å². The Labute approximate surface area is 123 Å². The van der Waals surface area contributed by atoms with Crippen molar-refractivity contribution in [2.45, 2.75) is 25.6 Å². The van der Waals surface area contributed by atoms with Crippen LogP contribution in [-0.4, -0.2) is 35.5 Å². The van der Waals surface area contributed by atoms with E-state index in [-0.39, 0.29) is 0 Å². The second-order valence-electron chi connectivity index (χ2n) is 6.09. The van der Waals surface area contributed by atoms with Crippen molar-refractivity contribution >= 4 is 11.3 Å². The number of fused-ring (bicyclic) bond motifs is 2. The number of piperidine rings is 1. The summed E-state index contributed by atoms with van der Waals surface area (Å²) in [6.07, 6.45) is 5.03. The predicted molar refractivity (Wildman–Crippen MR) is 80.6 cm³/mol. The van der Waals surface area contributed by atoms with Gasteiger partial charge in [-0.2, -0.15) is 0 Å². The first-order valence-electron chi connectivity index (χ1n) is 7.36. The van der Waals surface area contributed by atoms with Crippen molar-refractivity contribution in [1.82, 2.24) is 9.80 Å². The first kappa shape index (κ1) is 12.6. The summed E-state index contributed by atoms with van der Waals surface area (Å²) in [6, 6.07) is 7.24. The molecule has 2 atom stereocenters. The highest BCUT2D eigenvalue weighted by Crippen LogP contribution is 2.32. The summed E-state index contributed by atoms with van der Waals surface area (Å²) in [5.74, 6) is 0.848. The van der Waals surface area contributed by atoms with Gasteiger partial charge < -0.3 is 4.42 Å². The van der Waals surface area contributed by atoms with E-state index in [1.807, 2.05) is 17.6 Å². The van der Waals surface area contributed by atoms with Crippen LogP contribution in [0.2, 0.25) is 0 Å². The number of hydrogen-bond donors (Lipinski definition) is 0. The Morgan fingerprint density at radius 2 is 2.20 bits per heavy atom. The van der Waals surface area contributed by atoms with Crippen molar-refractivity contribution in [3.63, 3.8) is 0 Å². The summed E-state index contributed by atoms with van der Waals surface area (Å²) in [4.78, 5) is 6.78. The quantitative estimate of drug-likeness (QED) is 0.862. The fourth-order valence-corrected chi connectivity index (χ4v) is 4.44. The summed E-state index contributed by atoms with van der Waals surface area (Å²) >= 11 is 1.88. The van der Waals surface area contributed by atoms with Gasteiger partial charge in [-0.15, -0.1) is 11.3 Å². The van der Waals surface area contributed by atoms with Crippen molar-refractivity contribution in [3.05, 3.63) is 46.5 Å². The van der Waals surface area contributed by atoms with Crippen LogP contribution in [0.3, 0.4) is 0 Å². The van der Waals surface area contributed by atoms with Gasteiger partial charge in [0.15, 0.2) is 0 Å². The molecule has 0 amide bonds. The third kappa shape index (κ3) is 2.55. The maximum Gasteiger partial charge on any atom is 0.0947 e. The van der Waals surface area contributed by atoms with Crippen LogP contribution in [0.25, 0.3) is 0 Å². The molecular formula is C16H20N2OS. The molecule has 0 N–H and O–H groups in total. The van der Waals surface area contributed by atoms with E-state index in [0.29, 0.717) is 0 Å². The molecule has 2 unspecified atom stereocenters. The Hall–Kier alpha value is -1.10. The lowest BCUT2D eigenvalue weighted by atomic mass is 10.00. The SMILES string of the molecule is c1csc(CN2CC3CC2CN(Cc2ccoc2)C3)c1. The third-order valence-corrected chi connectivity index (χ3v) is 5.39. The number of likely N-dealkylation sites (tertiary alicyclic amines) is 2. The molecule has 0 aromatic carbocycles. The molecule has 4 heterocycles. The van der Waals surface area contributed by atoms with Gasteiger partial charge in [0.1, 0.15) is 0 Å². The lowest BCUT2D eigenvalue weighted by molar-refractivity contribution is 0.153. The molecule has 0 saturated carbocycles. The van der Waals surface area contributed by atoms with E-state index in [1.165, 1.54) is 36.5 Å². The number of furan rings is 1. The zero-order valence-electron chi connectivity index (χ0n) is 11.6. The first-order valence-corrected chi connectivity index (χ1v) is 8.24. The topological polar surface area (TPSA) is 19.6 Å². The van der Waals surface area contributed by atoms with Crippen LogP contribution in [0.4, 0.5) is 0 Å². The van der Waals surface area contributed by atoms with E-state index in [2.05, 4.69) is 33.4 Å². The minimum Gasteiger partial charge on any atom is -0.472 e. The molecule has 106 valence electrons. The highest BCUT2D eigenvalue weighted by molar-refractivity contribution is 7.09.